The highest BCUT2D eigenvalue weighted by atomic mass is 32.2. The number of aryl methyl sites for hydroxylation is 1. The summed E-state index contributed by atoms with van der Waals surface area (Å²) >= 11 is 1.51. The van der Waals surface area contributed by atoms with Crippen molar-refractivity contribution in [3.8, 4) is 0 Å². The summed E-state index contributed by atoms with van der Waals surface area (Å²) in [6.45, 7) is 4.04. The number of nitrogens with one attached hydrogen (secondary N) is 2. The van der Waals surface area contributed by atoms with Gasteiger partial charge in [0.15, 0.2) is 0 Å². The highest BCUT2D eigenvalue weighted by Crippen LogP contribution is 2.33. The van der Waals surface area contributed by atoms with Gasteiger partial charge in [-0.2, -0.15) is 11.8 Å². The number of hydrogen-bond donors (Lipinski definition) is 3. The molecule has 0 bridgehead atoms. The molecule has 3 aromatic rings. The molecular formula is C35H40N4O5S. The molecule has 0 saturated heterocycles. The van der Waals surface area contributed by atoms with Crippen molar-refractivity contribution in [1.82, 2.24) is 10.2 Å². The molecule has 1 aliphatic carbocycles. The maximum Gasteiger partial charge on any atom is 0.337 e. The molecule has 3 amide bonds. The van der Waals surface area contributed by atoms with Gasteiger partial charge in [-0.25, -0.2) is 4.79 Å². The lowest BCUT2D eigenvalue weighted by molar-refractivity contribution is -0.143. The highest BCUT2D eigenvalue weighted by Gasteiger charge is 2.41. The van der Waals surface area contributed by atoms with E-state index in [1.54, 1.807) is 23.1 Å². The van der Waals surface area contributed by atoms with Crippen molar-refractivity contribution in [2.75, 3.05) is 18.7 Å². The smallest absolute Gasteiger partial charge is 0.337 e. The SMILES string of the molecule is COC(=O)c1ccc(C(=O)Nc2ccc3c(c2)CN(C(=O)C(N)C(C)(C)SC)C(C(=O)N[C@@H]2CCCc4ccccc42)C3)cc1. The summed E-state index contributed by atoms with van der Waals surface area (Å²) < 4.78 is 4.18. The zero-order valence-corrected chi connectivity index (χ0v) is 26.9. The molecule has 2 unspecified atom stereocenters. The van der Waals surface area contributed by atoms with E-state index in [0.29, 0.717) is 23.2 Å². The molecule has 3 atom stereocenters. The second-order valence-corrected chi connectivity index (χ2v) is 13.6. The van der Waals surface area contributed by atoms with Gasteiger partial charge in [-0.05, 0) is 98.0 Å². The van der Waals surface area contributed by atoms with E-state index in [4.69, 9.17) is 10.5 Å². The van der Waals surface area contributed by atoms with Crippen LogP contribution in [0.5, 0.6) is 0 Å². The van der Waals surface area contributed by atoms with Gasteiger partial charge < -0.3 is 26.0 Å². The standard InChI is InChI=1S/C35H40N4O5S/c1-35(2,45-4)30(36)33(42)39-20-25-18-26(37-31(40)22-12-14-23(15-13-22)34(43)44-3)17-16-24(25)19-29(39)32(41)38-28-11-7-9-21-8-5-6-10-27(21)28/h5-6,8,10,12-18,28-30H,7,9,11,19-20,36H2,1-4H3,(H,37,40)(H,38,41)/t28-,29?,30?/m1/s1. The van der Waals surface area contributed by atoms with Crippen LogP contribution >= 0.6 is 11.8 Å². The van der Waals surface area contributed by atoms with E-state index < -0.39 is 22.8 Å². The average molecular weight is 629 g/mol. The Morgan fingerprint density at radius 2 is 1.69 bits per heavy atom. The van der Waals surface area contributed by atoms with Crippen molar-refractivity contribution in [2.24, 2.45) is 5.73 Å². The first-order chi connectivity index (χ1) is 21.5. The van der Waals surface area contributed by atoms with E-state index >= 15 is 0 Å². The zero-order valence-electron chi connectivity index (χ0n) is 26.1. The van der Waals surface area contributed by atoms with Gasteiger partial charge in [0, 0.05) is 29.0 Å². The number of thioether (sulfide) groups is 1. The molecule has 5 rings (SSSR count). The van der Waals surface area contributed by atoms with Crippen molar-refractivity contribution < 1.29 is 23.9 Å². The molecule has 0 fully saturated rings. The van der Waals surface area contributed by atoms with Gasteiger partial charge in [-0.15, -0.1) is 0 Å². The Morgan fingerprint density at radius 3 is 2.40 bits per heavy atom. The zero-order chi connectivity index (χ0) is 32.3. The Labute approximate surface area is 268 Å². The van der Waals surface area contributed by atoms with Gasteiger partial charge in [0.1, 0.15) is 6.04 Å². The Bertz CT molecular complexity index is 1610. The number of ether oxygens (including phenoxy) is 1. The summed E-state index contributed by atoms with van der Waals surface area (Å²) in [5, 5.41) is 6.16. The minimum atomic E-state index is -0.824. The number of fused-ring (bicyclic) bond motifs is 2. The van der Waals surface area contributed by atoms with Crippen LogP contribution in [0, 0.1) is 0 Å². The quantitative estimate of drug-likeness (QED) is 0.310. The predicted octanol–water partition coefficient (Wildman–Crippen LogP) is 4.64. The maximum absolute atomic E-state index is 14.0. The van der Waals surface area contributed by atoms with Crippen molar-refractivity contribution >= 4 is 41.1 Å². The van der Waals surface area contributed by atoms with E-state index in [-0.39, 0.29) is 30.3 Å². The third-order valence-electron chi connectivity index (χ3n) is 8.98. The van der Waals surface area contributed by atoms with Crippen LogP contribution in [0.4, 0.5) is 5.69 Å². The Morgan fingerprint density at radius 1 is 0.978 bits per heavy atom. The number of methoxy groups -OCH3 is 1. The molecule has 9 nitrogen and oxygen atoms in total. The molecule has 0 spiro atoms. The number of carbonyl (C=O) groups is 4. The van der Waals surface area contributed by atoms with Gasteiger partial charge >= 0.3 is 5.97 Å². The lowest BCUT2D eigenvalue weighted by Crippen LogP contribution is -2.60. The molecular weight excluding hydrogens is 588 g/mol. The van der Waals surface area contributed by atoms with Crippen molar-refractivity contribution in [2.45, 2.75) is 68.9 Å². The lowest BCUT2D eigenvalue weighted by Gasteiger charge is -2.41. The third-order valence-corrected chi connectivity index (χ3v) is 10.3. The van der Waals surface area contributed by atoms with Crippen LogP contribution in [-0.2, 0) is 33.7 Å². The summed E-state index contributed by atoms with van der Waals surface area (Å²) in [5.74, 6) is -1.31. The number of anilines is 1. The Kier molecular flexibility index (Phi) is 9.65. The summed E-state index contributed by atoms with van der Waals surface area (Å²) in [5.41, 5.74) is 12.0. The first-order valence-corrected chi connectivity index (χ1v) is 16.4. The van der Waals surface area contributed by atoms with E-state index in [1.807, 2.05) is 44.4 Å². The van der Waals surface area contributed by atoms with Crippen molar-refractivity contribution in [3.63, 3.8) is 0 Å². The van der Waals surface area contributed by atoms with Crippen LogP contribution in [0.15, 0.2) is 66.7 Å². The number of carbonyl (C=O) groups excluding carboxylic acids is 4. The molecule has 3 aromatic carbocycles. The van der Waals surface area contributed by atoms with E-state index in [0.717, 1.165) is 36.0 Å². The molecule has 0 saturated carbocycles. The number of esters is 1. The molecule has 0 radical (unpaired) electrons. The Hall–Kier alpha value is -4.15. The van der Waals surface area contributed by atoms with E-state index in [9.17, 15) is 19.2 Å². The van der Waals surface area contributed by atoms with Gasteiger partial charge in [0.05, 0.1) is 24.8 Å². The third kappa shape index (κ3) is 6.92. The minimum absolute atomic E-state index is 0.114. The second-order valence-electron chi connectivity index (χ2n) is 12.1. The summed E-state index contributed by atoms with van der Waals surface area (Å²) in [6.07, 6.45) is 5.06. The second kappa shape index (κ2) is 13.5. The predicted molar refractivity (Wildman–Crippen MR) is 176 cm³/mol. The normalized spacial score (nSPS) is 18.2. The molecule has 0 aromatic heterocycles. The van der Waals surface area contributed by atoms with Crippen LogP contribution in [0.25, 0.3) is 0 Å². The van der Waals surface area contributed by atoms with Crippen LogP contribution in [0.1, 0.15) is 75.7 Å². The molecule has 236 valence electrons. The van der Waals surface area contributed by atoms with Gasteiger partial charge in [-0.3, -0.25) is 14.4 Å². The summed E-state index contributed by atoms with van der Waals surface area (Å²) in [6, 6.07) is 18.3. The fourth-order valence-corrected chi connectivity index (χ4v) is 6.34. The maximum atomic E-state index is 14.0. The van der Waals surface area contributed by atoms with Crippen molar-refractivity contribution in [1.29, 1.82) is 0 Å². The monoisotopic (exact) mass is 628 g/mol. The van der Waals surface area contributed by atoms with Crippen LogP contribution in [0.3, 0.4) is 0 Å². The topological polar surface area (TPSA) is 131 Å². The number of nitrogens with two attached hydrogens (primary N) is 1. The van der Waals surface area contributed by atoms with E-state index in [2.05, 4.69) is 22.8 Å². The number of amides is 3. The number of benzene rings is 3. The minimum Gasteiger partial charge on any atom is -0.465 e. The number of rotatable bonds is 8. The summed E-state index contributed by atoms with van der Waals surface area (Å²) in [7, 11) is 1.30. The molecule has 1 heterocycles. The largest absolute Gasteiger partial charge is 0.465 e. The van der Waals surface area contributed by atoms with Crippen LogP contribution in [-0.4, -0.2) is 58.8 Å². The molecule has 45 heavy (non-hydrogen) atoms. The van der Waals surface area contributed by atoms with Gasteiger partial charge in [0.2, 0.25) is 11.8 Å². The first kappa shape index (κ1) is 32.2. The fraction of sp³-hybridized carbons (Fsp3) is 0.371. The number of nitrogens with zero attached hydrogens (tertiary/aromatic N) is 1. The molecule has 10 heteroatoms. The first-order valence-electron chi connectivity index (χ1n) is 15.1. The van der Waals surface area contributed by atoms with Gasteiger partial charge in [-0.1, -0.05) is 30.3 Å². The summed E-state index contributed by atoms with van der Waals surface area (Å²) in [4.78, 5) is 54.3. The fourth-order valence-electron chi connectivity index (χ4n) is 5.98. The molecule has 4 N–H and O–H groups in total. The van der Waals surface area contributed by atoms with Crippen LogP contribution in [0.2, 0.25) is 0 Å². The van der Waals surface area contributed by atoms with E-state index in [1.165, 1.54) is 36.6 Å². The van der Waals surface area contributed by atoms with Gasteiger partial charge in [0.25, 0.3) is 5.91 Å². The van der Waals surface area contributed by atoms with Crippen LogP contribution < -0.4 is 16.4 Å². The average Bonchev–Trinajstić information content (AvgIpc) is 3.06. The molecule has 1 aliphatic heterocycles. The lowest BCUT2D eigenvalue weighted by atomic mass is 9.87. The Balaban J connectivity index is 1.39. The van der Waals surface area contributed by atoms with Crippen molar-refractivity contribution in [3.05, 3.63) is 100 Å². The highest BCUT2D eigenvalue weighted by molar-refractivity contribution is 8.00. The number of hydrogen-bond acceptors (Lipinski definition) is 7. The molecule has 2 aliphatic rings.